The Balaban J connectivity index is 1.74. The van der Waals surface area contributed by atoms with Gasteiger partial charge in [0.2, 0.25) is 17.5 Å². The summed E-state index contributed by atoms with van der Waals surface area (Å²) in [6.07, 6.45) is 6.35. The molecule has 1 heterocycles. The molecule has 7 heteroatoms. The monoisotopic (exact) mass is 347 g/mol. The summed E-state index contributed by atoms with van der Waals surface area (Å²) in [6.45, 7) is 0.585. The molecule has 0 atom stereocenters. The lowest BCUT2D eigenvalue weighted by molar-refractivity contribution is 0.324. The van der Waals surface area contributed by atoms with Crippen LogP contribution in [-0.4, -0.2) is 37.5 Å². The van der Waals surface area contributed by atoms with E-state index >= 15 is 0 Å². The second-order valence-electron chi connectivity index (χ2n) is 6.14. The second-order valence-corrected chi connectivity index (χ2v) is 6.14. The third-order valence-corrected chi connectivity index (χ3v) is 4.54. The Hall–Kier alpha value is -2.28. The predicted octanol–water partition coefficient (Wildman–Crippen LogP) is 3.18. The van der Waals surface area contributed by atoms with E-state index in [0.717, 1.165) is 5.56 Å². The fraction of sp³-hybridized carbons (Fsp3) is 0.556. The molecule has 1 aliphatic rings. The minimum Gasteiger partial charge on any atom is -0.493 e. The predicted molar refractivity (Wildman–Crippen MR) is 93.1 cm³/mol. The van der Waals surface area contributed by atoms with Gasteiger partial charge in [-0.05, 0) is 25.0 Å². The highest BCUT2D eigenvalue weighted by molar-refractivity contribution is 5.66. The topological polar surface area (TPSA) is 78.6 Å². The van der Waals surface area contributed by atoms with Crippen LogP contribution in [0.1, 0.15) is 38.0 Å². The van der Waals surface area contributed by atoms with Gasteiger partial charge in [-0.25, -0.2) is 0 Å². The molecular weight excluding hydrogens is 322 g/mol. The van der Waals surface area contributed by atoms with Crippen LogP contribution in [0, 0.1) is 0 Å². The summed E-state index contributed by atoms with van der Waals surface area (Å²) in [5.74, 6) is 2.73. The van der Waals surface area contributed by atoms with Crippen molar-refractivity contribution in [3.8, 4) is 28.6 Å². The van der Waals surface area contributed by atoms with Crippen molar-refractivity contribution in [3.05, 3.63) is 18.0 Å². The second kappa shape index (κ2) is 8.20. The molecule has 0 bridgehead atoms. The van der Waals surface area contributed by atoms with Gasteiger partial charge in [0.05, 0.1) is 27.9 Å². The van der Waals surface area contributed by atoms with Crippen molar-refractivity contribution in [1.29, 1.82) is 0 Å². The number of hydrogen-bond acceptors (Lipinski definition) is 7. The van der Waals surface area contributed by atoms with Crippen molar-refractivity contribution in [2.45, 2.75) is 44.7 Å². The third kappa shape index (κ3) is 4.04. The first-order valence-electron chi connectivity index (χ1n) is 8.61. The van der Waals surface area contributed by atoms with Crippen LogP contribution in [0.2, 0.25) is 0 Å². The first-order chi connectivity index (χ1) is 12.2. The van der Waals surface area contributed by atoms with Crippen molar-refractivity contribution in [2.24, 2.45) is 0 Å². The van der Waals surface area contributed by atoms with E-state index in [2.05, 4.69) is 15.5 Å². The Bertz CT molecular complexity index is 670. The summed E-state index contributed by atoms with van der Waals surface area (Å²) in [6, 6.07) is 4.17. The lowest BCUT2D eigenvalue weighted by Crippen LogP contribution is -2.30. The standard InChI is InChI=1S/C18H25N3O4/c1-22-14-9-12(10-15(23-2)17(14)24-3)18-20-16(25-21-18)11-19-13-7-5-4-6-8-13/h9-10,13,19H,4-8,11H2,1-3H3. The SMILES string of the molecule is COc1cc(-c2noc(CNC3CCCCC3)n2)cc(OC)c1OC. The van der Waals surface area contributed by atoms with Gasteiger partial charge in [0, 0.05) is 11.6 Å². The van der Waals surface area contributed by atoms with Crippen LogP contribution in [0.25, 0.3) is 11.4 Å². The van der Waals surface area contributed by atoms with E-state index in [1.54, 1.807) is 21.3 Å². The highest BCUT2D eigenvalue weighted by Crippen LogP contribution is 2.40. The largest absolute Gasteiger partial charge is 0.493 e. The maximum atomic E-state index is 5.38. The van der Waals surface area contributed by atoms with Crippen LogP contribution in [0.15, 0.2) is 16.7 Å². The Labute approximate surface area is 147 Å². The van der Waals surface area contributed by atoms with Crippen molar-refractivity contribution >= 4 is 0 Å². The van der Waals surface area contributed by atoms with Crippen LogP contribution in [0.4, 0.5) is 0 Å². The molecule has 7 nitrogen and oxygen atoms in total. The number of nitrogens with one attached hydrogen (secondary N) is 1. The Morgan fingerprint density at radius 1 is 1.04 bits per heavy atom. The Morgan fingerprint density at radius 2 is 1.72 bits per heavy atom. The molecule has 1 aromatic carbocycles. The molecule has 0 amide bonds. The van der Waals surface area contributed by atoms with Gasteiger partial charge < -0.3 is 24.1 Å². The first kappa shape index (κ1) is 17.5. The van der Waals surface area contributed by atoms with E-state index in [1.807, 2.05) is 12.1 Å². The highest BCUT2D eigenvalue weighted by Gasteiger charge is 2.18. The summed E-state index contributed by atoms with van der Waals surface area (Å²) in [7, 11) is 4.73. The molecule has 3 rings (SSSR count). The number of nitrogens with zero attached hydrogens (tertiary/aromatic N) is 2. The van der Waals surface area contributed by atoms with Gasteiger partial charge in [0.1, 0.15) is 0 Å². The van der Waals surface area contributed by atoms with Crippen LogP contribution >= 0.6 is 0 Å². The van der Waals surface area contributed by atoms with E-state index in [-0.39, 0.29) is 0 Å². The van der Waals surface area contributed by atoms with Crippen molar-refractivity contribution in [3.63, 3.8) is 0 Å². The Kier molecular flexibility index (Phi) is 5.75. The van der Waals surface area contributed by atoms with Crippen molar-refractivity contribution in [1.82, 2.24) is 15.5 Å². The zero-order valence-electron chi connectivity index (χ0n) is 15.0. The minimum absolute atomic E-state index is 0.500. The number of aromatic nitrogens is 2. The molecule has 1 fully saturated rings. The normalized spacial score (nSPS) is 15.2. The molecule has 136 valence electrons. The van der Waals surface area contributed by atoms with Gasteiger partial charge in [-0.3, -0.25) is 0 Å². The van der Waals surface area contributed by atoms with E-state index in [0.29, 0.717) is 41.6 Å². The molecule has 0 unspecified atom stereocenters. The van der Waals surface area contributed by atoms with Crippen molar-refractivity contribution in [2.75, 3.05) is 21.3 Å². The summed E-state index contributed by atoms with van der Waals surface area (Å²) < 4.78 is 21.5. The molecule has 2 aromatic rings. The summed E-state index contributed by atoms with van der Waals surface area (Å²) in [5.41, 5.74) is 0.752. The van der Waals surface area contributed by atoms with Gasteiger partial charge >= 0.3 is 0 Å². The number of ether oxygens (including phenoxy) is 3. The van der Waals surface area contributed by atoms with E-state index in [1.165, 1.54) is 32.1 Å². The van der Waals surface area contributed by atoms with E-state index in [9.17, 15) is 0 Å². The third-order valence-electron chi connectivity index (χ3n) is 4.54. The quantitative estimate of drug-likeness (QED) is 0.824. The lowest BCUT2D eigenvalue weighted by Gasteiger charge is -2.21. The molecule has 1 saturated carbocycles. The highest BCUT2D eigenvalue weighted by atomic mass is 16.5. The summed E-state index contributed by atoms with van der Waals surface area (Å²) in [5, 5.41) is 7.58. The molecule has 0 spiro atoms. The van der Waals surface area contributed by atoms with Gasteiger partial charge in [0.15, 0.2) is 11.5 Å². The fourth-order valence-electron chi connectivity index (χ4n) is 3.19. The van der Waals surface area contributed by atoms with Gasteiger partial charge in [0.25, 0.3) is 0 Å². The number of benzene rings is 1. The number of rotatable bonds is 7. The average Bonchev–Trinajstić information content (AvgIpc) is 3.15. The zero-order valence-corrected chi connectivity index (χ0v) is 15.0. The minimum atomic E-state index is 0.500. The molecule has 0 radical (unpaired) electrons. The summed E-state index contributed by atoms with van der Waals surface area (Å²) in [4.78, 5) is 4.48. The van der Waals surface area contributed by atoms with Crippen LogP contribution in [0.3, 0.4) is 0 Å². The zero-order chi connectivity index (χ0) is 17.6. The molecule has 1 aliphatic carbocycles. The van der Waals surface area contributed by atoms with Crippen molar-refractivity contribution < 1.29 is 18.7 Å². The van der Waals surface area contributed by atoms with Crippen LogP contribution < -0.4 is 19.5 Å². The summed E-state index contributed by atoms with van der Waals surface area (Å²) >= 11 is 0. The molecule has 25 heavy (non-hydrogen) atoms. The van der Waals surface area contributed by atoms with Gasteiger partial charge in [-0.2, -0.15) is 4.98 Å². The fourth-order valence-corrected chi connectivity index (χ4v) is 3.19. The lowest BCUT2D eigenvalue weighted by atomic mass is 9.95. The molecular formula is C18H25N3O4. The number of hydrogen-bond donors (Lipinski definition) is 1. The molecule has 0 saturated heterocycles. The van der Waals surface area contributed by atoms with Gasteiger partial charge in [-0.15, -0.1) is 0 Å². The number of methoxy groups -OCH3 is 3. The average molecular weight is 347 g/mol. The van der Waals surface area contributed by atoms with Gasteiger partial charge in [-0.1, -0.05) is 24.4 Å². The maximum Gasteiger partial charge on any atom is 0.240 e. The smallest absolute Gasteiger partial charge is 0.240 e. The maximum absolute atomic E-state index is 5.38. The molecule has 0 aliphatic heterocycles. The molecule has 1 aromatic heterocycles. The Morgan fingerprint density at radius 3 is 2.32 bits per heavy atom. The first-order valence-corrected chi connectivity index (χ1v) is 8.61. The van der Waals surface area contributed by atoms with E-state index < -0.39 is 0 Å². The van der Waals surface area contributed by atoms with Crippen LogP contribution in [-0.2, 0) is 6.54 Å². The van der Waals surface area contributed by atoms with Crippen LogP contribution in [0.5, 0.6) is 17.2 Å². The van der Waals surface area contributed by atoms with E-state index in [4.69, 9.17) is 18.7 Å². The molecule has 1 N–H and O–H groups in total.